The first-order chi connectivity index (χ1) is 30.0. The minimum absolute atomic E-state index is 0.00791. The van der Waals surface area contributed by atoms with Crippen LogP contribution in [0.15, 0.2) is 58.2 Å². The van der Waals surface area contributed by atoms with E-state index in [-0.39, 0.29) is 47.0 Å². The van der Waals surface area contributed by atoms with Crippen LogP contribution in [-0.4, -0.2) is 88.9 Å². The van der Waals surface area contributed by atoms with E-state index in [9.17, 15) is 28.0 Å². The van der Waals surface area contributed by atoms with Crippen LogP contribution < -0.4 is 11.0 Å². The number of aromatic nitrogens is 6. The highest BCUT2D eigenvalue weighted by Gasteiger charge is 2.33. The molecule has 1 amide bonds. The fourth-order valence-corrected chi connectivity index (χ4v) is 10.0. The van der Waals surface area contributed by atoms with Crippen molar-refractivity contribution in [2.24, 2.45) is 18.9 Å². The Morgan fingerprint density at radius 2 is 1.77 bits per heavy atom. The van der Waals surface area contributed by atoms with Gasteiger partial charge in [0.1, 0.15) is 12.0 Å². The van der Waals surface area contributed by atoms with Gasteiger partial charge in [-0.15, -0.1) is 0 Å². The highest BCUT2D eigenvalue weighted by atomic mass is 19.3. The Morgan fingerprint density at radius 3 is 2.52 bits per heavy atom. The molecule has 5 aromatic rings. The molecule has 0 bridgehead atoms. The Kier molecular flexibility index (Phi) is 12.0. The quantitative estimate of drug-likeness (QED) is 0.113. The van der Waals surface area contributed by atoms with Crippen LogP contribution in [-0.2, 0) is 29.6 Å². The summed E-state index contributed by atoms with van der Waals surface area (Å²) in [5.41, 5.74) is 3.56. The number of carbonyl (C=O) groups is 3. The van der Waals surface area contributed by atoms with Crippen LogP contribution in [0.4, 0.5) is 14.5 Å². The van der Waals surface area contributed by atoms with Gasteiger partial charge < -0.3 is 14.6 Å². The van der Waals surface area contributed by atoms with Crippen molar-refractivity contribution in [3.8, 4) is 11.5 Å². The van der Waals surface area contributed by atoms with Crippen molar-refractivity contribution in [2.45, 2.75) is 115 Å². The molecule has 14 nitrogen and oxygen atoms in total. The molecule has 1 saturated heterocycles. The molecular weight excluding hydrogens is 797 g/mol. The molecule has 0 spiro atoms. The van der Waals surface area contributed by atoms with Crippen LogP contribution in [0.3, 0.4) is 0 Å². The zero-order valence-electron chi connectivity index (χ0n) is 35.5. The number of piperidine rings is 1. The third-order valence-corrected chi connectivity index (χ3v) is 13.8. The number of oxazole rings is 1. The molecule has 16 heteroatoms. The molecule has 1 aromatic carbocycles. The number of imidazole rings is 1. The summed E-state index contributed by atoms with van der Waals surface area (Å²) in [6.45, 7) is 3.50. The summed E-state index contributed by atoms with van der Waals surface area (Å²) in [6.07, 6.45) is 12.2. The first-order valence-electron chi connectivity index (χ1n) is 22.2. The van der Waals surface area contributed by atoms with E-state index in [1.165, 1.54) is 25.3 Å². The zero-order chi connectivity index (χ0) is 43.1. The summed E-state index contributed by atoms with van der Waals surface area (Å²) in [6, 6.07) is 9.39. The Bertz CT molecular complexity index is 2500. The number of ketones is 2. The number of halogens is 2. The van der Waals surface area contributed by atoms with E-state index in [2.05, 4.69) is 43.3 Å². The van der Waals surface area contributed by atoms with Crippen molar-refractivity contribution in [2.75, 3.05) is 32.0 Å². The van der Waals surface area contributed by atoms with Gasteiger partial charge in [-0.05, 0) is 114 Å². The number of carbonyl (C=O) groups excluding carboxylic acids is 3. The average molecular weight is 852 g/mol. The molecule has 3 aliphatic carbocycles. The van der Waals surface area contributed by atoms with Gasteiger partial charge in [-0.1, -0.05) is 25.0 Å². The minimum Gasteiger partial charge on any atom is -0.444 e. The number of rotatable bonds is 14. The molecular formula is C46H55F2N9O5. The van der Waals surface area contributed by atoms with E-state index in [4.69, 9.17) is 4.42 Å². The van der Waals surface area contributed by atoms with Gasteiger partial charge in [0, 0.05) is 56.3 Å². The zero-order valence-corrected chi connectivity index (χ0v) is 35.5. The number of anilines is 1. The van der Waals surface area contributed by atoms with Crippen LogP contribution in [0.2, 0.25) is 0 Å². The van der Waals surface area contributed by atoms with Gasteiger partial charge in [0.25, 0.3) is 12.3 Å². The third kappa shape index (κ3) is 8.94. The Balaban J connectivity index is 0.760. The summed E-state index contributed by atoms with van der Waals surface area (Å²) < 4.78 is 38.9. The molecule has 1 atom stereocenters. The lowest BCUT2D eigenvalue weighted by molar-refractivity contribution is -0.132. The minimum atomic E-state index is -2.86. The van der Waals surface area contributed by atoms with Gasteiger partial charge in [0.05, 0.1) is 35.2 Å². The van der Waals surface area contributed by atoms with Gasteiger partial charge >= 0.3 is 5.69 Å². The van der Waals surface area contributed by atoms with Gasteiger partial charge in [-0.3, -0.25) is 38.1 Å². The van der Waals surface area contributed by atoms with Crippen LogP contribution in [0.25, 0.3) is 22.5 Å². The predicted molar refractivity (Wildman–Crippen MR) is 228 cm³/mol. The molecule has 1 N–H and O–H groups in total. The summed E-state index contributed by atoms with van der Waals surface area (Å²) in [7, 11) is 3.96. The number of hydrogen-bond acceptors (Lipinski definition) is 10. The molecule has 3 saturated carbocycles. The summed E-state index contributed by atoms with van der Waals surface area (Å²) >= 11 is 0. The standard InChI is InChI=1S/C46H55F2N9O5/c1-53(33-17-20-55(21-18-33)25-31-4-3-5-39-42(31)54(2)46(61)57(39)38-15-14-35(58)23-40(38)59)24-29-9-12-34(13-10-29)56-26-36(41(52-56)43(47)48)50-44(60)37-27-62-45(51-37)30-16-19-49-32(22-30)11-8-28-6-7-28/h3-5,16,19,22,26-29,33-34,38,43H,6-15,17-18,20-21,23-25H2,1-2H3,(H,50,60)/t29?,34?,38-/m0/s1. The second-order valence-electron chi connectivity index (χ2n) is 18.1. The molecule has 1 aliphatic heterocycles. The first-order valence-corrected chi connectivity index (χ1v) is 22.2. The average Bonchev–Trinajstić information content (AvgIpc) is 3.67. The highest BCUT2D eigenvalue weighted by molar-refractivity contribution is 6.04. The van der Waals surface area contributed by atoms with Crippen molar-refractivity contribution in [3.05, 3.63) is 82.1 Å². The van der Waals surface area contributed by atoms with Gasteiger partial charge in [0.2, 0.25) is 5.89 Å². The largest absolute Gasteiger partial charge is 0.444 e. The van der Waals surface area contributed by atoms with Crippen LogP contribution in [0, 0.1) is 11.8 Å². The second kappa shape index (κ2) is 17.8. The van der Waals surface area contributed by atoms with E-state index in [1.54, 1.807) is 33.1 Å². The lowest BCUT2D eigenvalue weighted by Crippen LogP contribution is -2.44. The molecule has 0 unspecified atom stereocenters. The normalized spacial score (nSPS) is 21.7. The summed E-state index contributed by atoms with van der Waals surface area (Å²) in [4.78, 5) is 65.1. The molecule has 5 heterocycles. The SMILES string of the molecule is CN(CC1CCC(n2cc(NC(=O)c3coc(-c4ccnc(CCC5CC5)c4)n3)c(C(F)F)n2)CC1)C1CCN(Cc2cccc3c2n(C)c(=O)n3[C@H]2CCC(=O)CC2=O)CC1. The fraction of sp³-hybridized carbons (Fsp3) is 0.543. The third-order valence-electron chi connectivity index (χ3n) is 13.8. The molecule has 4 aromatic heterocycles. The first kappa shape index (κ1) is 42.0. The van der Waals surface area contributed by atoms with Crippen molar-refractivity contribution in [1.82, 2.24) is 38.7 Å². The summed E-state index contributed by atoms with van der Waals surface area (Å²) in [5.74, 6) is 0.636. The smallest absolute Gasteiger partial charge is 0.329 e. The van der Waals surface area contributed by atoms with Crippen molar-refractivity contribution < 1.29 is 27.6 Å². The number of benzene rings is 1. The predicted octanol–water partition coefficient (Wildman–Crippen LogP) is 7.31. The highest BCUT2D eigenvalue weighted by Crippen LogP contribution is 2.37. The Morgan fingerprint density at radius 1 is 1.00 bits per heavy atom. The maximum atomic E-state index is 14.2. The summed E-state index contributed by atoms with van der Waals surface area (Å²) in [5, 5.41) is 6.89. The molecule has 0 radical (unpaired) electrons. The van der Waals surface area contributed by atoms with E-state index in [1.807, 2.05) is 18.2 Å². The Labute approximate surface area is 358 Å². The molecule has 9 rings (SSSR count). The number of Topliss-reactive ketones (excluding diaryl/α,β-unsaturated/α-hetero) is 2. The molecule has 328 valence electrons. The molecule has 4 aliphatic rings. The maximum Gasteiger partial charge on any atom is 0.329 e. The van der Waals surface area contributed by atoms with Gasteiger partial charge in [-0.2, -0.15) is 5.10 Å². The topological polar surface area (TPSA) is 153 Å². The number of nitrogens with zero attached hydrogens (tertiary/aromatic N) is 8. The lowest BCUT2D eigenvalue weighted by Gasteiger charge is -2.39. The fourth-order valence-electron chi connectivity index (χ4n) is 10.0. The number of likely N-dealkylation sites (tertiary alicyclic amines) is 1. The number of para-hydroxylation sites is 1. The number of pyridine rings is 1. The Hall–Kier alpha value is -5.35. The molecule has 4 fully saturated rings. The van der Waals surface area contributed by atoms with E-state index in [0.717, 1.165) is 99.2 Å². The molecule has 62 heavy (non-hydrogen) atoms. The lowest BCUT2D eigenvalue weighted by atomic mass is 9.85. The van der Waals surface area contributed by atoms with Gasteiger partial charge in [-0.25, -0.2) is 18.6 Å². The number of fused-ring (bicyclic) bond motifs is 1. The van der Waals surface area contributed by atoms with Gasteiger partial charge in [0.15, 0.2) is 17.2 Å². The van der Waals surface area contributed by atoms with Crippen LogP contribution in [0.1, 0.15) is 123 Å². The van der Waals surface area contributed by atoms with Crippen LogP contribution >= 0.6 is 0 Å². The van der Waals surface area contributed by atoms with Crippen LogP contribution in [0.5, 0.6) is 0 Å². The number of amides is 1. The second-order valence-corrected chi connectivity index (χ2v) is 18.1. The number of nitrogens with one attached hydrogen (secondary N) is 1. The van der Waals surface area contributed by atoms with E-state index in [0.29, 0.717) is 36.9 Å². The van der Waals surface area contributed by atoms with Crippen molar-refractivity contribution >= 4 is 34.2 Å². The number of aryl methyl sites for hydroxylation is 2. The van der Waals surface area contributed by atoms with E-state index >= 15 is 0 Å². The number of alkyl halides is 2. The van der Waals surface area contributed by atoms with E-state index < -0.39 is 24.1 Å². The monoisotopic (exact) mass is 851 g/mol. The van der Waals surface area contributed by atoms with Crippen molar-refractivity contribution in [3.63, 3.8) is 0 Å². The maximum absolute atomic E-state index is 14.2. The number of hydrogen-bond donors (Lipinski definition) is 1. The van der Waals surface area contributed by atoms with Crippen molar-refractivity contribution in [1.29, 1.82) is 0 Å².